The SMILES string of the molecule is O=C(C(=C(O)c1cccc(F)c1)c1nc2ccccc2[nH]1)c1cccc(/C=C\C(F)(F)F)c1. The first-order valence-electron chi connectivity index (χ1n) is 9.76. The number of aromatic amines is 1. The van der Waals surface area contributed by atoms with E-state index in [9.17, 15) is 27.5 Å². The van der Waals surface area contributed by atoms with Crippen LogP contribution in [-0.4, -0.2) is 27.0 Å². The van der Waals surface area contributed by atoms with E-state index in [1.165, 1.54) is 42.5 Å². The smallest absolute Gasteiger partial charge is 0.409 e. The van der Waals surface area contributed by atoms with Gasteiger partial charge >= 0.3 is 6.18 Å². The Morgan fingerprint density at radius 2 is 1.67 bits per heavy atom. The molecular weight excluding hydrogens is 436 g/mol. The van der Waals surface area contributed by atoms with Gasteiger partial charge < -0.3 is 10.1 Å². The number of hydrogen-bond acceptors (Lipinski definition) is 3. The molecule has 0 aliphatic carbocycles. The highest BCUT2D eigenvalue weighted by Crippen LogP contribution is 2.29. The summed E-state index contributed by atoms with van der Waals surface area (Å²) in [7, 11) is 0. The van der Waals surface area contributed by atoms with Gasteiger partial charge in [-0.25, -0.2) is 9.37 Å². The fourth-order valence-electron chi connectivity index (χ4n) is 3.30. The fourth-order valence-corrected chi connectivity index (χ4v) is 3.30. The van der Waals surface area contributed by atoms with Crippen LogP contribution in [0.3, 0.4) is 0 Å². The van der Waals surface area contributed by atoms with E-state index in [2.05, 4.69) is 9.97 Å². The quantitative estimate of drug-likeness (QED) is 0.155. The van der Waals surface area contributed by atoms with Crippen molar-refractivity contribution < 1.29 is 27.5 Å². The minimum atomic E-state index is -4.50. The van der Waals surface area contributed by atoms with Gasteiger partial charge in [-0.05, 0) is 35.9 Å². The van der Waals surface area contributed by atoms with Crippen LogP contribution in [0.2, 0.25) is 0 Å². The molecule has 4 aromatic rings. The number of aromatic nitrogens is 2. The predicted octanol–water partition coefficient (Wildman–Crippen LogP) is 6.59. The molecule has 3 aromatic carbocycles. The summed E-state index contributed by atoms with van der Waals surface area (Å²) in [6.45, 7) is 0. The van der Waals surface area contributed by atoms with Crippen LogP contribution >= 0.6 is 0 Å². The standard InChI is InChI=1S/C25H16F4N2O2/c26-18-8-4-7-17(14-18)23(33)21(24-30-19-9-1-2-10-20(19)31-24)22(32)16-6-3-5-15(13-16)11-12-25(27,28)29/h1-14,33H,(H,30,31)/b12-11-,23-21?. The number of fused-ring (bicyclic) bond motifs is 1. The maximum absolute atomic E-state index is 13.8. The molecule has 0 aliphatic heterocycles. The van der Waals surface area contributed by atoms with Crippen LogP contribution < -0.4 is 0 Å². The molecule has 0 bridgehead atoms. The highest BCUT2D eigenvalue weighted by Gasteiger charge is 2.25. The number of aliphatic hydroxyl groups excluding tert-OH is 1. The lowest BCUT2D eigenvalue weighted by atomic mass is 9.97. The highest BCUT2D eigenvalue weighted by molar-refractivity contribution is 6.33. The summed E-state index contributed by atoms with van der Waals surface area (Å²) in [4.78, 5) is 20.8. The van der Waals surface area contributed by atoms with Crippen molar-refractivity contribution in [3.63, 3.8) is 0 Å². The van der Waals surface area contributed by atoms with Crippen LogP contribution in [-0.2, 0) is 0 Å². The average molecular weight is 452 g/mol. The number of Topliss-reactive ketones (excluding diaryl/α,β-unsaturated/α-hetero) is 1. The molecule has 0 unspecified atom stereocenters. The second-order valence-electron chi connectivity index (χ2n) is 7.17. The van der Waals surface area contributed by atoms with Crippen LogP contribution in [0.1, 0.15) is 27.3 Å². The van der Waals surface area contributed by atoms with E-state index in [1.54, 1.807) is 24.3 Å². The van der Waals surface area contributed by atoms with E-state index in [4.69, 9.17) is 0 Å². The summed E-state index contributed by atoms with van der Waals surface area (Å²) in [6, 6.07) is 17.5. The first-order chi connectivity index (χ1) is 15.7. The third-order valence-electron chi connectivity index (χ3n) is 4.80. The minimum Gasteiger partial charge on any atom is -0.506 e. The number of allylic oxidation sites excluding steroid dienone is 2. The summed E-state index contributed by atoms with van der Waals surface area (Å²) in [5.74, 6) is -1.79. The number of alkyl halides is 3. The molecule has 0 atom stereocenters. The normalized spacial score (nSPS) is 12.8. The van der Waals surface area contributed by atoms with Gasteiger partial charge in [0.05, 0.1) is 11.0 Å². The Bertz CT molecular complexity index is 1370. The van der Waals surface area contributed by atoms with Gasteiger partial charge in [0.2, 0.25) is 5.78 Å². The Hall–Kier alpha value is -4.20. The maximum atomic E-state index is 13.8. The Labute approximate surface area is 185 Å². The largest absolute Gasteiger partial charge is 0.506 e. The first-order valence-corrected chi connectivity index (χ1v) is 9.76. The molecule has 0 amide bonds. The lowest BCUT2D eigenvalue weighted by Crippen LogP contribution is -2.08. The second-order valence-corrected chi connectivity index (χ2v) is 7.17. The van der Waals surface area contributed by atoms with Gasteiger partial charge in [0.25, 0.3) is 0 Å². The Morgan fingerprint density at radius 3 is 2.39 bits per heavy atom. The number of carbonyl (C=O) groups is 1. The number of H-pyrrole nitrogens is 1. The van der Waals surface area contributed by atoms with Crippen molar-refractivity contribution in [1.29, 1.82) is 0 Å². The van der Waals surface area contributed by atoms with E-state index in [0.717, 1.165) is 12.1 Å². The third kappa shape index (κ3) is 5.01. The molecule has 1 heterocycles. The Morgan fingerprint density at radius 1 is 0.939 bits per heavy atom. The van der Waals surface area contributed by atoms with Gasteiger partial charge in [0.15, 0.2) is 0 Å². The van der Waals surface area contributed by atoms with Crippen molar-refractivity contribution in [2.24, 2.45) is 0 Å². The molecular formula is C25H16F4N2O2. The topological polar surface area (TPSA) is 66.0 Å². The van der Waals surface area contributed by atoms with Crippen LogP contribution in [0.5, 0.6) is 0 Å². The Balaban J connectivity index is 1.86. The summed E-state index contributed by atoms with van der Waals surface area (Å²) in [5.41, 5.74) is 1.11. The number of carbonyl (C=O) groups excluding carboxylic acids is 1. The third-order valence-corrected chi connectivity index (χ3v) is 4.80. The number of nitrogens with one attached hydrogen (secondary N) is 1. The molecule has 0 radical (unpaired) electrons. The molecule has 33 heavy (non-hydrogen) atoms. The van der Waals surface area contributed by atoms with E-state index >= 15 is 0 Å². The molecule has 2 N–H and O–H groups in total. The number of nitrogens with zero attached hydrogens (tertiary/aromatic N) is 1. The van der Waals surface area contributed by atoms with Crippen LogP contribution in [0.4, 0.5) is 17.6 Å². The van der Waals surface area contributed by atoms with Gasteiger partial charge in [-0.1, -0.05) is 48.5 Å². The number of rotatable bonds is 5. The molecule has 4 nitrogen and oxygen atoms in total. The van der Waals surface area contributed by atoms with Crippen LogP contribution in [0.25, 0.3) is 28.4 Å². The molecule has 0 saturated carbocycles. The zero-order valence-electron chi connectivity index (χ0n) is 16.9. The molecule has 0 saturated heterocycles. The van der Waals surface area contributed by atoms with E-state index in [-0.39, 0.29) is 34.2 Å². The van der Waals surface area contributed by atoms with E-state index < -0.39 is 23.5 Å². The first kappa shape index (κ1) is 22.0. The van der Waals surface area contributed by atoms with Crippen molar-refractivity contribution in [3.8, 4) is 0 Å². The van der Waals surface area contributed by atoms with Gasteiger partial charge in [0, 0.05) is 17.2 Å². The fraction of sp³-hybridized carbons (Fsp3) is 0.0400. The summed E-state index contributed by atoms with van der Waals surface area (Å²) in [5, 5.41) is 11.0. The van der Waals surface area contributed by atoms with E-state index in [0.29, 0.717) is 11.0 Å². The van der Waals surface area contributed by atoms with Crippen molar-refractivity contribution in [3.05, 3.63) is 107 Å². The lowest BCUT2D eigenvalue weighted by Gasteiger charge is -2.10. The Kier molecular flexibility index (Phi) is 5.83. The lowest BCUT2D eigenvalue weighted by molar-refractivity contribution is -0.0790. The maximum Gasteiger partial charge on any atom is 0.409 e. The molecule has 0 aliphatic rings. The van der Waals surface area contributed by atoms with Crippen LogP contribution in [0, 0.1) is 5.82 Å². The van der Waals surface area contributed by atoms with Crippen molar-refractivity contribution in [2.75, 3.05) is 0 Å². The highest BCUT2D eigenvalue weighted by atomic mass is 19.4. The predicted molar refractivity (Wildman–Crippen MR) is 118 cm³/mol. The summed E-state index contributed by atoms with van der Waals surface area (Å²) >= 11 is 0. The van der Waals surface area contributed by atoms with Gasteiger partial charge in [0.1, 0.15) is 23.0 Å². The minimum absolute atomic E-state index is 0.0257. The number of aliphatic hydroxyl groups is 1. The monoisotopic (exact) mass is 452 g/mol. The van der Waals surface area contributed by atoms with Gasteiger partial charge in [-0.3, -0.25) is 4.79 Å². The average Bonchev–Trinajstić information content (AvgIpc) is 3.21. The zero-order chi connectivity index (χ0) is 23.6. The molecule has 4 rings (SSSR count). The van der Waals surface area contributed by atoms with Crippen LogP contribution in [0.15, 0.2) is 78.9 Å². The molecule has 166 valence electrons. The second kappa shape index (κ2) is 8.74. The molecule has 0 spiro atoms. The van der Waals surface area contributed by atoms with E-state index in [1.807, 2.05) is 0 Å². The number of ketones is 1. The number of hydrogen-bond donors (Lipinski definition) is 2. The molecule has 8 heteroatoms. The number of benzene rings is 3. The van der Waals surface area contributed by atoms with Crippen molar-refractivity contribution in [1.82, 2.24) is 9.97 Å². The van der Waals surface area contributed by atoms with Gasteiger partial charge in [-0.15, -0.1) is 0 Å². The number of imidazole rings is 1. The summed E-state index contributed by atoms with van der Waals surface area (Å²) < 4.78 is 51.4. The molecule has 0 fully saturated rings. The van der Waals surface area contributed by atoms with Crippen molar-refractivity contribution in [2.45, 2.75) is 6.18 Å². The summed E-state index contributed by atoms with van der Waals surface area (Å²) in [6.07, 6.45) is -3.60. The van der Waals surface area contributed by atoms with Gasteiger partial charge in [-0.2, -0.15) is 13.2 Å². The molecule has 1 aromatic heterocycles. The number of para-hydroxylation sites is 2. The number of halogens is 4. The zero-order valence-corrected chi connectivity index (χ0v) is 16.9. The van der Waals surface area contributed by atoms with Crippen molar-refractivity contribution >= 4 is 34.2 Å².